The third kappa shape index (κ3) is 2.42. The smallest absolute Gasteiger partial charge is 0.167 e. The molecule has 0 aromatic carbocycles. The number of ether oxygens (including phenoxy) is 2. The number of aliphatic hydroxyl groups is 3. The summed E-state index contributed by atoms with van der Waals surface area (Å²) in [6, 6.07) is 0. The topological polar surface area (TPSA) is 136 Å². The number of nitrogens with zero attached hydrogens (tertiary/aromatic N) is 3. The molecule has 130 valence electrons. The Labute approximate surface area is 138 Å². The van der Waals surface area contributed by atoms with Crippen LogP contribution in [0.5, 0.6) is 0 Å². The van der Waals surface area contributed by atoms with Crippen molar-refractivity contribution < 1.29 is 24.8 Å². The van der Waals surface area contributed by atoms with E-state index in [4.69, 9.17) is 15.2 Å². The van der Waals surface area contributed by atoms with E-state index in [1.165, 1.54) is 26.6 Å². The molecule has 24 heavy (non-hydrogen) atoms. The lowest BCUT2D eigenvalue weighted by Gasteiger charge is -2.27. The number of rotatable bonds is 4. The van der Waals surface area contributed by atoms with E-state index in [1.807, 2.05) is 0 Å². The van der Waals surface area contributed by atoms with Gasteiger partial charge in [-0.3, -0.25) is 0 Å². The maximum Gasteiger partial charge on any atom is 0.167 e. The number of hydrogen-bond donors (Lipinski definition) is 4. The van der Waals surface area contributed by atoms with Crippen molar-refractivity contribution in [1.29, 1.82) is 0 Å². The minimum absolute atomic E-state index is 0.270. The van der Waals surface area contributed by atoms with Gasteiger partial charge in [-0.2, -0.15) is 0 Å². The van der Waals surface area contributed by atoms with Crippen molar-refractivity contribution >= 4 is 22.9 Å². The first-order chi connectivity index (χ1) is 11.4. The van der Waals surface area contributed by atoms with Crippen LogP contribution in [-0.4, -0.2) is 61.4 Å². The van der Waals surface area contributed by atoms with Gasteiger partial charge in [-0.25, -0.2) is 9.97 Å². The van der Waals surface area contributed by atoms with Gasteiger partial charge < -0.3 is 35.1 Å². The van der Waals surface area contributed by atoms with Crippen LogP contribution in [0.4, 0.5) is 5.82 Å². The number of methoxy groups -OCH3 is 1. The number of nitrogen functional groups attached to an aromatic ring is 1. The molecular weight excluding hydrogens is 316 g/mol. The molecule has 9 nitrogen and oxygen atoms in total. The van der Waals surface area contributed by atoms with Gasteiger partial charge in [0.1, 0.15) is 35.6 Å². The van der Waals surface area contributed by atoms with Crippen molar-refractivity contribution in [3.63, 3.8) is 0 Å². The van der Waals surface area contributed by atoms with Gasteiger partial charge in [0, 0.05) is 11.8 Å². The van der Waals surface area contributed by atoms with Crippen LogP contribution in [0.1, 0.15) is 18.7 Å². The monoisotopic (exact) mass is 336 g/mol. The Kier molecular flexibility index (Phi) is 4.18. The highest BCUT2D eigenvalue weighted by atomic mass is 16.6. The molecule has 0 bridgehead atoms. The van der Waals surface area contributed by atoms with Crippen molar-refractivity contribution in [2.75, 3.05) is 19.5 Å². The van der Waals surface area contributed by atoms with Gasteiger partial charge in [-0.05, 0) is 13.0 Å². The molecule has 1 aliphatic rings. The van der Waals surface area contributed by atoms with Gasteiger partial charge in [0.05, 0.1) is 25.4 Å². The lowest BCUT2D eigenvalue weighted by atomic mass is 9.96. The van der Waals surface area contributed by atoms with Crippen molar-refractivity contribution in [3.05, 3.63) is 24.3 Å². The SMILES string of the molecule is COC=Cc1cn(C2OC(CO)[C@@H](O)C2(C)O)c2ncnc(N)c12. The summed E-state index contributed by atoms with van der Waals surface area (Å²) in [4.78, 5) is 8.20. The van der Waals surface area contributed by atoms with Crippen LogP contribution in [-0.2, 0) is 9.47 Å². The van der Waals surface area contributed by atoms with Gasteiger partial charge >= 0.3 is 0 Å². The number of hydrogen-bond acceptors (Lipinski definition) is 8. The lowest BCUT2D eigenvalue weighted by Crippen LogP contribution is -2.44. The van der Waals surface area contributed by atoms with E-state index in [9.17, 15) is 15.3 Å². The standard InChI is InChI=1S/C15H20N4O5/c1-15(22)11(21)9(6-20)24-14(15)19-5-8(3-4-23-2)10-12(16)17-7-18-13(10)19/h3-5,7,9,11,14,20-22H,6H2,1-2H3,(H2,16,17,18)/t9?,11-,14?,15?/m1/s1. The molecular formula is C15H20N4O5. The number of nitrogens with two attached hydrogens (primary N) is 1. The van der Waals surface area contributed by atoms with Crippen LogP contribution in [0.15, 0.2) is 18.8 Å². The summed E-state index contributed by atoms with van der Waals surface area (Å²) in [6.45, 7) is 1.03. The normalized spacial score (nSPS) is 30.5. The quantitative estimate of drug-likeness (QED) is 0.555. The highest BCUT2D eigenvalue weighted by Gasteiger charge is 2.53. The van der Waals surface area contributed by atoms with Crippen molar-refractivity contribution in [1.82, 2.24) is 14.5 Å². The molecule has 3 heterocycles. The van der Waals surface area contributed by atoms with Crippen molar-refractivity contribution in [2.24, 2.45) is 0 Å². The molecule has 0 spiro atoms. The van der Waals surface area contributed by atoms with Crippen LogP contribution in [0.2, 0.25) is 0 Å². The predicted molar refractivity (Wildman–Crippen MR) is 85.6 cm³/mol. The van der Waals surface area contributed by atoms with Gasteiger partial charge in [0.2, 0.25) is 0 Å². The Hall–Kier alpha value is -2.20. The Morgan fingerprint density at radius 2 is 2.25 bits per heavy atom. The van der Waals surface area contributed by atoms with Crippen LogP contribution < -0.4 is 5.73 Å². The molecule has 0 saturated carbocycles. The first-order valence-corrected chi connectivity index (χ1v) is 7.39. The van der Waals surface area contributed by atoms with Gasteiger partial charge in [-0.15, -0.1) is 0 Å². The summed E-state index contributed by atoms with van der Waals surface area (Å²) in [5.41, 5.74) is 5.45. The fraction of sp³-hybridized carbons (Fsp3) is 0.467. The minimum Gasteiger partial charge on any atom is -0.504 e. The molecule has 2 aromatic rings. The first-order valence-electron chi connectivity index (χ1n) is 7.39. The average molecular weight is 336 g/mol. The zero-order valence-corrected chi connectivity index (χ0v) is 13.3. The summed E-state index contributed by atoms with van der Waals surface area (Å²) in [6.07, 6.45) is 3.04. The molecule has 1 aliphatic heterocycles. The zero-order valence-electron chi connectivity index (χ0n) is 13.3. The average Bonchev–Trinajstić information content (AvgIpc) is 3.02. The predicted octanol–water partition coefficient (Wildman–Crippen LogP) is -0.368. The third-order valence-corrected chi connectivity index (χ3v) is 4.24. The molecule has 0 amide bonds. The Morgan fingerprint density at radius 1 is 1.50 bits per heavy atom. The van der Waals surface area contributed by atoms with E-state index in [0.29, 0.717) is 16.6 Å². The molecule has 3 unspecified atom stereocenters. The highest BCUT2D eigenvalue weighted by molar-refractivity contribution is 5.94. The summed E-state index contributed by atoms with van der Waals surface area (Å²) < 4.78 is 12.2. The van der Waals surface area contributed by atoms with E-state index in [-0.39, 0.29) is 5.82 Å². The van der Waals surface area contributed by atoms with Crippen LogP contribution >= 0.6 is 0 Å². The molecule has 0 aliphatic carbocycles. The number of aliphatic hydroxyl groups excluding tert-OH is 2. The van der Waals surface area contributed by atoms with Crippen LogP contribution in [0.25, 0.3) is 17.1 Å². The first kappa shape index (κ1) is 16.7. The summed E-state index contributed by atoms with van der Waals surface area (Å²) >= 11 is 0. The molecule has 4 atom stereocenters. The van der Waals surface area contributed by atoms with Gasteiger partial charge in [0.25, 0.3) is 0 Å². The van der Waals surface area contributed by atoms with Gasteiger partial charge in [-0.1, -0.05) is 0 Å². The summed E-state index contributed by atoms with van der Waals surface area (Å²) in [5.74, 6) is 0.270. The maximum absolute atomic E-state index is 10.7. The number of aromatic nitrogens is 3. The van der Waals surface area contributed by atoms with Crippen LogP contribution in [0, 0.1) is 0 Å². The largest absolute Gasteiger partial charge is 0.504 e. The number of anilines is 1. The minimum atomic E-state index is -1.62. The molecule has 3 rings (SSSR count). The van der Waals surface area contributed by atoms with E-state index in [1.54, 1.807) is 16.8 Å². The van der Waals surface area contributed by atoms with Crippen LogP contribution in [0.3, 0.4) is 0 Å². The molecule has 0 radical (unpaired) electrons. The molecule has 1 saturated heterocycles. The Balaban J connectivity index is 2.17. The fourth-order valence-electron chi connectivity index (χ4n) is 2.97. The molecule has 9 heteroatoms. The summed E-state index contributed by atoms with van der Waals surface area (Å²) in [5, 5.41) is 30.8. The summed E-state index contributed by atoms with van der Waals surface area (Å²) in [7, 11) is 1.52. The second kappa shape index (κ2) is 6.02. The van der Waals surface area contributed by atoms with Crippen molar-refractivity contribution in [3.8, 4) is 0 Å². The highest BCUT2D eigenvalue weighted by Crippen LogP contribution is 2.40. The van der Waals surface area contributed by atoms with E-state index >= 15 is 0 Å². The Bertz CT molecular complexity index is 773. The van der Waals surface area contributed by atoms with Crippen molar-refractivity contribution in [2.45, 2.75) is 31.0 Å². The van der Waals surface area contributed by atoms with Gasteiger partial charge in [0.15, 0.2) is 6.23 Å². The van der Waals surface area contributed by atoms with E-state index < -0.39 is 30.6 Å². The molecule has 1 fully saturated rings. The maximum atomic E-state index is 10.7. The zero-order chi connectivity index (χ0) is 17.5. The molecule has 5 N–H and O–H groups in total. The lowest BCUT2D eigenvalue weighted by molar-refractivity contribution is -0.0948. The second-order valence-electron chi connectivity index (χ2n) is 5.87. The third-order valence-electron chi connectivity index (χ3n) is 4.24. The van der Waals surface area contributed by atoms with E-state index in [0.717, 1.165) is 0 Å². The van der Waals surface area contributed by atoms with E-state index in [2.05, 4.69) is 9.97 Å². The fourth-order valence-corrected chi connectivity index (χ4v) is 2.97. The Morgan fingerprint density at radius 3 is 2.88 bits per heavy atom. The number of fused-ring (bicyclic) bond motifs is 1. The second-order valence-corrected chi connectivity index (χ2v) is 5.87. The molecule has 2 aromatic heterocycles.